The Hall–Kier alpha value is -1.77. The lowest BCUT2D eigenvalue weighted by Crippen LogP contribution is -2.11. The van der Waals surface area contributed by atoms with E-state index >= 15 is 0 Å². The number of aromatic nitrogens is 1. The molecule has 0 atom stereocenters. The summed E-state index contributed by atoms with van der Waals surface area (Å²) in [5.74, 6) is 1.45. The van der Waals surface area contributed by atoms with Gasteiger partial charge in [0.25, 0.3) is 0 Å². The van der Waals surface area contributed by atoms with E-state index in [0.29, 0.717) is 15.9 Å². The summed E-state index contributed by atoms with van der Waals surface area (Å²) < 4.78 is 6.10. The fourth-order valence-electron chi connectivity index (χ4n) is 2.24. The van der Waals surface area contributed by atoms with Crippen LogP contribution in [0, 0.1) is 0 Å². The smallest absolute Gasteiger partial charge is 0.200 e. The zero-order valence-electron chi connectivity index (χ0n) is 13.2. The molecule has 2 nitrogen and oxygen atoms in total. The van der Waals surface area contributed by atoms with Gasteiger partial charge in [-0.3, -0.25) is 0 Å². The lowest BCUT2D eigenvalue weighted by molar-refractivity contribution is 0.399. The third-order valence-electron chi connectivity index (χ3n) is 3.49. The molecular weight excluding hydrogens is 329 g/mol. The summed E-state index contributed by atoms with van der Waals surface area (Å²) in [6.07, 6.45) is 0. The van der Waals surface area contributed by atoms with Gasteiger partial charge in [-0.2, -0.15) is 0 Å². The number of oxazole rings is 1. The Morgan fingerprint density at radius 2 is 1.26 bits per heavy atom. The standard InChI is InChI=1S/C19H17Cl2NO/c1-19(2,3)18-22-16(12-4-8-14(20)9-5-12)17(23-18)13-6-10-15(21)11-7-13/h4-11H,1-3H3. The number of halogens is 2. The molecule has 0 saturated carbocycles. The van der Waals surface area contributed by atoms with Crippen molar-refractivity contribution < 1.29 is 4.42 Å². The molecule has 0 unspecified atom stereocenters. The predicted octanol–water partition coefficient (Wildman–Crippen LogP) is 6.61. The van der Waals surface area contributed by atoms with E-state index in [2.05, 4.69) is 20.8 Å². The number of rotatable bonds is 2. The van der Waals surface area contributed by atoms with Gasteiger partial charge in [-0.15, -0.1) is 0 Å². The molecule has 3 aromatic rings. The summed E-state index contributed by atoms with van der Waals surface area (Å²) in [6.45, 7) is 6.24. The molecule has 0 spiro atoms. The van der Waals surface area contributed by atoms with Crippen molar-refractivity contribution in [3.05, 3.63) is 64.5 Å². The van der Waals surface area contributed by atoms with Crippen LogP contribution in [0.1, 0.15) is 26.7 Å². The third kappa shape index (κ3) is 3.44. The molecule has 0 N–H and O–H groups in total. The van der Waals surface area contributed by atoms with E-state index in [0.717, 1.165) is 22.6 Å². The van der Waals surface area contributed by atoms with Crippen LogP contribution < -0.4 is 0 Å². The first kappa shape index (κ1) is 16.1. The second kappa shape index (κ2) is 6.03. The lowest BCUT2D eigenvalue weighted by Gasteiger charge is -2.12. The van der Waals surface area contributed by atoms with E-state index in [1.807, 2.05) is 48.5 Å². The van der Waals surface area contributed by atoms with Crippen molar-refractivity contribution in [1.29, 1.82) is 0 Å². The van der Waals surface area contributed by atoms with Gasteiger partial charge in [0, 0.05) is 26.6 Å². The van der Waals surface area contributed by atoms with E-state index in [-0.39, 0.29) is 5.41 Å². The van der Waals surface area contributed by atoms with Crippen molar-refractivity contribution in [2.75, 3.05) is 0 Å². The first-order valence-corrected chi connectivity index (χ1v) is 8.13. The lowest BCUT2D eigenvalue weighted by atomic mass is 9.97. The normalized spacial score (nSPS) is 11.7. The predicted molar refractivity (Wildman–Crippen MR) is 96.1 cm³/mol. The van der Waals surface area contributed by atoms with Crippen LogP contribution in [0.25, 0.3) is 22.6 Å². The molecule has 0 aliphatic heterocycles. The Kier molecular flexibility index (Phi) is 4.22. The van der Waals surface area contributed by atoms with Gasteiger partial charge in [-0.1, -0.05) is 56.1 Å². The Morgan fingerprint density at radius 3 is 1.74 bits per heavy atom. The first-order chi connectivity index (χ1) is 10.8. The minimum absolute atomic E-state index is 0.175. The summed E-state index contributed by atoms with van der Waals surface area (Å²) in [7, 11) is 0. The number of hydrogen-bond acceptors (Lipinski definition) is 2. The average molecular weight is 346 g/mol. The molecular formula is C19H17Cl2NO. The minimum atomic E-state index is -0.175. The van der Waals surface area contributed by atoms with Crippen LogP contribution in [0.2, 0.25) is 10.0 Å². The molecule has 0 aliphatic carbocycles. The number of benzene rings is 2. The van der Waals surface area contributed by atoms with E-state index in [4.69, 9.17) is 32.6 Å². The van der Waals surface area contributed by atoms with Crippen LogP contribution in [0.5, 0.6) is 0 Å². The maximum atomic E-state index is 6.10. The highest BCUT2D eigenvalue weighted by Crippen LogP contribution is 2.36. The zero-order chi connectivity index (χ0) is 16.6. The molecule has 0 amide bonds. The molecule has 3 rings (SSSR count). The van der Waals surface area contributed by atoms with Gasteiger partial charge < -0.3 is 4.42 Å². The first-order valence-electron chi connectivity index (χ1n) is 7.38. The second-order valence-corrected chi connectivity index (χ2v) is 7.33. The molecule has 1 aromatic heterocycles. The van der Waals surface area contributed by atoms with E-state index in [1.54, 1.807) is 0 Å². The molecule has 23 heavy (non-hydrogen) atoms. The largest absolute Gasteiger partial charge is 0.439 e. The number of hydrogen-bond donors (Lipinski definition) is 0. The van der Waals surface area contributed by atoms with Gasteiger partial charge in [0.05, 0.1) is 0 Å². The quantitative estimate of drug-likeness (QED) is 0.522. The topological polar surface area (TPSA) is 26.0 Å². The maximum Gasteiger partial charge on any atom is 0.200 e. The van der Waals surface area contributed by atoms with Crippen molar-refractivity contribution in [2.45, 2.75) is 26.2 Å². The molecule has 1 heterocycles. The van der Waals surface area contributed by atoms with E-state index in [9.17, 15) is 0 Å². The molecule has 0 radical (unpaired) electrons. The highest BCUT2D eigenvalue weighted by molar-refractivity contribution is 6.31. The molecule has 0 bridgehead atoms. The zero-order valence-corrected chi connectivity index (χ0v) is 14.7. The Labute approximate surface area is 146 Å². The maximum absolute atomic E-state index is 6.10. The van der Waals surface area contributed by atoms with Crippen LogP contribution in [-0.4, -0.2) is 4.98 Å². The van der Waals surface area contributed by atoms with Gasteiger partial charge in [0.2, 0.25) is 5.89 Å². The van der Waals surface area contributed by atoms with Crippen molar-refractivity contribution >= 4 is 23.2 Å². The average Bonchev–Trinajstić information content (AvgIpc) is 2.94. The van der Waals surface area contributed by atoms with Gasteiger partial charge in [0.1, 0.15) is 5.69 Å². The highest BCUT2D eigenvalue weighted by atomic mass is 35.5. The molecule has 0 aliphatic rings. The van der Waals surface area contributed by atoms with Gasteiger partial charge in [0.15, 0.2) is 5.76 Å². The van der Waals surface area contributed by atoms with Crippen molar-refractivity contribution in [3.8, 4) is 22.6 Å². The number of nitrogens with zero attached hydrogens (tertiary/aromatic N) is 1. The SMILES string of the molecule is CC(C)(C)c1nc(-c2ccc(Cl)cc2)c(-c2ccc(Cl)cc2)o1. The molecule has 0 saturated heterocycles. The monoisotopic (exact) mass is 345 g/mol. The summed E-state index contributed by atoms with van der Waals surface area (Å²) in [5.41, 5.74) is 2.56. The van der Waals surface area contributed by atoms with Crippen LogP contribution in [0.4, 0.5) is 0 Å². The van der Waals surface area contributed by atoms with Crippen LogP contribution in [0.3, 0.4) is 0 Å². The van der Waals surface area contributed by atoms with Crippen LogP contribution in [0.15, 0.2) is 52.9 Å². The fourth-order valence-corrected chi connectivity index (χ4v) is 2.49. The van der Waals surface area contributed by atoms with Crippen LogP contribution in [-0.2, 0) is 5.41 Å². The third-order valence-corrected chi connectivity index (χ3v) is 4.00. The Morgan fingerprint density at radius 1 is 0.783 bits per heavy atom. The van der Waals surface area contributed by atoms with Gasteiger partial charge >= 0.3 is 0 Å². The highest BCUT2D eigenvalue weighted by Gasteiger charge is 2.25. The second-order valence-electron chi connectivity index (χ2n) is 6.46. The van der Waals surface area contributed by atoms with Crippen molar-refractivity contribution in [1.82, 2.24) is 4.98 Å². The van der Waals surface area contributed by atoms with E-state index < -0.39 is 0 Å². The van der Waals surface area contributed by atoms with Crippen molar-refractivity contribution in [3.63, 3.8) is 0 Å². The summed E-state index contributed by atoms with van der Waals surface area (Å²) in [4.78, 5) is 4.74. The van der Waals surface area contributed by atoms with Crippen LogP contribution >= 0.6 is 23.2 Å². The summed E-state index contributed by atoms with van der Waals surface area (Å²) in [6, 6.07) is 15.2. The molecule has 4 heteroatoms. The van der Waals surface area contributed by atoms with Gasteiger partial charge in [-0.25, -0.2) is 4.98 Å². The molecule has 0 fully saturated rings. The minimum Gasteiger partial charge on any atom is -0.439 e. The van der Waals surface area contributed by atoms with E-state index in [1.165, 1.54) is 0 Å². The fraction of sp³-hybridized carbons (Fsp3) is 0.211. The summed E-state index contributed by atoms with van der Waals surface area (Å²) >= 11 is 12.0. The summed E-state index contributed by atoms with van der Waals surface area (Å²) in [5, 5.41) is 1.39. The van der Waals surface area contributed by atoms with Gasteiger partial charge in [-0.05, 0) is 36.4 Å². The Bertz CT molecular complexity index is 749. The molecule has 118 valence electrons. The van der Waals surface area contributed by atoms with Crippen molar-refractivity contribution in [2.24, 2.45) is 0 Å². The molecule has 2 aromatic carbocycles. The Balaban J connectivity index is 2.18.